The Kier molecular flexibility index (Phi) is 4.22. The van der Waals surface area contributed by atoms with Crippen LogP contribution in [0.25, 0.3) is 10.2 Å². The number of nitrogens with zero attached hydrogens (tertiary/aromatic N) is 3. The summed E-state index contributed by atoms with van der Waals surface area (Å²) in [6.07, 6.45) is 1.20. The minimum absolute atomic E-state index is 0.380. The zero-order valence-electron chi connectivity index (χ0n) is 11.7. The van der Waals surface area contributed by atoms with Gasteiger partial charge in [0.15, 0.2) is 0 Å². The fourth-order valence-corrected chi connectivity index (χ4v) is 4.58. The van der Waals surface area contributed by atoms with Crippen LogP contribution in [0.15, 0.2) is 11.4 Å². The van der Waals surface area contributed by atoms with Gasteiger partial charge in [-0.15, -0.1) is 11.3 Å². The van der Waals surface area contributed by atoms with Gasteiger partial charge in [-0.25, -0.2) is 9.97 Å². The summed E-state index contributed by atoms with van der Waals surface area (Å²) in [6.45, 7) is 7.64. The molecule has 0 spiro atoms. The van der Waals surface area contributed by atoms with Gasteiger partial charge in [-0.2, -0.15) is 11.8 Å². The third-order valence-electron chi connectivity index (χ3n) is 3.62. The van der Waals surface area contributed by atoms with Gasteiger partial charge in [-0.05, 0) is 24.4 Å². The lowest BCUT2D eigenvalue weighted by Gasteiger charge is -2.22. The quantitative estimate of drug-likeness (QED) is 0.778. The van der Waals surface area contributed by atoms with Gasteiger partial charge in [0.1, 0.15) is 15.8 Å². The van der Waals surface area contributed by atoms with Gasteiger partial charge in [0.2, 0.25) is 0 Å². The molecule has 1 aliphatic heterocycles. The van der Waals surface area contributed by atoms with E-state index in [1.54, 1.807) is 11.3 Å². The second kappa shape index (κ2) is 5.79. The summed E-state index contributed by atoms with van der Waals surface area (Å²) in [5, 5.41) is 3.56. The summed E-state index contributed by atoms with van der Waals surface area (Å²) in [6, 6.07) is 1.98. The third kappa shape index (κ3) is 3.27. The van der Waals surface area contributed by atoms with E-state index in [0.717, 1.165) is 35.7 Å². The molecule has 3 rings (SSSR count). The van der Waals surface area contributed by atoms with Gasteiger partial charge in [0.05, 0.1) is 6.54 Å². The highest BCUT2D eigenvalue weighted by atomic mass is 35.5. The molecule has 0 atom stereocenters. The Morgan fingerprint density at radius 3 is 3.05 bits per heavy atom. The van der Waals surface area contributed by atoms with Crippen LogP contribution in [0.1, 0.15) is 26.1 Å². The molecule has 20 heavy (non-hydrogen) atoms. The number of fused-ring (bicyclic) bond motifs is 1. The Labute approximate surface area is 132 Å². The molecule has 1 aliphatic rings. The Balaban J connectivity index is 1.75. The molecular weight excluding hydrogens is 310 g/mol. The summed E-state index contributed by atoms with van der Waals surface area (Å²) in [5.41, 5.74) is 0. The second-order valence-electron chi connectivity index (χ2n) is 5.70. The van der Waals surface area contributed by atoms with Crippen LogP contribution in [0.3, 0.4) is 0 Å². The highest BCUT2D eigenvalue weighted by Crippen LogP contribution is 2.31. The molecule has 2 aromatic heterocycles. The number of thioether (sulfide) groups is 1. The monoisotopic (exact) mass is 327 g/mol. The molecule has 0 amide bonds. The zero-order valence-corrected chi connectivity index (χ0v) is 14.1. The van der Waals surface area contributed by atoms with Crippen molar-refractivity contribution in [1.82, 2.24) is 14.9 Å². The summed E-state index contributed by atoms with van der Waals surface area (Å²) >= 11 is 9.91. The first-order valence-electron chi connectivity index (χ1n) is 6.79. The molecule has 108 valence electrons. The maximum Gasteiger partial charge on any atom is 0.145 e. The van der Waals surface area contributed by atoms with Gasteiger partial charge in [-0.1, -0.05) is 25.4 Å². The molecule has 1 fully saturated rings. The molecule has 3 nitrogen and oxygen atoms in total. The molecule has 0 N–H and O–H groups in total. The molecular formula is C14H18ClN3S2. The Morgan fingerprint density at radius 2 is 2.20 bits per heavy atom. The van der Waals surface area contributed by atoms with Crippen molar-refractivity contribution in [2.45, 2.75) is 31.6 Å². The number of halogens is 1. The fraction of sp³-hybridized carbons (Fsp3) is 0.571. The van der Waals surface area contributed by atoms with E-state index in [0.29, 0.717) is 9.90 Å². The van der Waals surface area contributed by atoms with Gasteiger partial charge in [0.25, 0.3) is 0 Å². The van der Waals surface area contributed by atoms with Crippen molar-refractivity contribution in [2.24, 2.45) is 0 Å². The molecule has 3 heterocycles. The largest absolute Gasteiger partial charge is 0.295 e. The normalized spacial score (nSPS) is 20.1. The predicted molar refractivity (Wildman–Crippen MR) is 88.9 cm³/mol. The SMILES string of the molecule is CC1(C)CCN(Cc2nc(Cl)c3ccsc3n2)CCS1. The van der Waals surface area contributed by atoms with Crippen LogP contribution in [-0.4, -0.2) is 38.5 Å². The fourth-order valence-electron chi connectivity index (χ4n) is 2.35. The molecule has 2 aromatic rings. The lowest BCUT2D eigenvalue weighted by Crippen LogP contribution is -2.27. The van der Waals surface area contributed by atoms with Crippen molar-refractivity contribution in [3.8, 4) is 0 Å². The summed E-state index contributed by atoms with van der Waals surface area (Å²) < 4.78 is 0.380. The topological polar surface area (TPSA) is 29.0 Å². The van der Waals surface area contributed by atoms with Crippen LogP contribution in [0.2, 0.25) is 5.15 Å². The number of aromatic nitrogens is 2. The van der Waals surface area contributed by atoms with Crippen molar-refractivity contribution in [1.29, 1.82) is 0 Å². The summed E-state index contributed by atoms with van der Waals surface area (Å²) in [4.78, 5) is 12.5. The first-order chi connectivity index (χ1) is 9.53. The maximum atomic E-state index is 6.23. The van der Waals surface area contributed by atoms with E-state index in [4.69, 9.17) is 11.6 Å². The lowest BCUT2D eigenvalue weighted by molar-refractivity contribution is 0.270. The third-order valence-corrected chi connectivity index (χ3v) is 6.09. The van der Waals surface area contributed by atoms with Crippen LogP contribution >= 0.6 is 34.7 Å². The van der Waals surface area contributed by atoms with E-state index in [1.165, 1.54) is 12.2 Å². The predicted octanol–water partition coefficient (Wildman–Crippen LogP) is 4.06. The van der Waals surface area contributed by atoms with Crippen molar-refractivity contribution in [2.75, 3.05) is 18.8 Å². The average molecular weight is 328 g/mol. The molecule has 0 bridgehead atoms. The van der Waals surface area contributed by atoms with E-state index in [-0.39, 0.29) is 0 Å². The Bertz CT molecular complexity index is 611. The zero-order chi connectivity index (χ0) is 14.2. The van der Waals surface area contributed by atoms with Crippen LogP contribution in [0, 0.1) is 0 Å². The first kappa shape index (κ1) is 14.6. The Morgan fingerprint density at radius 1 is 1.35 bits per heavy atom. The summed E-state index contributed by atoms with van der Waals surface area (Å²) in [7, 11) is 0. The van der Waals surface area contributed by atoms with E-state index in [2.05, 4.69) is 40.5 Å². The van der Waals surface area contributed by atoms with Crippen molar-refractivity contribution >= 4 is 44.9 Å². The summed E-state index contributed by atoms with van der Waals surface area (Å²) in [5.74, 6) is 2.01. The molecule has 0 radical (unpaired) electrons. The van der Waals surface area contributed by atoms with Gasteiger partial charge >= 0.3 is 0 Å². The standard InChI is InChI=1S/C14H18ClN3S2/c1-14(2)4-5-18(6-8-20-14)9-11-16-12(15)10-3-7-19-13(10)17-11/h3,7H,4-6,8-9H2,1-2H3. The first-order valence-corrected chi connectivity index (χ1v) is 9.04. The highest BCUT2D eigenvalue weighted by Gasteiger charge is 2.24. The maximum absolute atomic E-state index is 6.23. The van der Waals surface area contributed by atoms with Gasteiger partial charge < -0.3 is 0 Å². The van der Waals surface area contributed by atoms with E-state index in [1.807, 2.05) is 11.4 Å². The number of thiophene rings is 1. The number of hydrogen-bond donors (Lipinski definition) is 0. The molecule has 0 saturated carbocycles. The molecule has 0 aliphatic carbocycles. The van der Waals surface area contributed by atoms with Crippen LogP contribution in [0.4, 0.5) is 0 Å². The second-order valence-corrected chi connectivity index (χ2v) is 8.76. The van der Waals surface area contributed by atoms with Crippen LogP contribution < -0.4 is 0 Å². The van der Waals surface area contributed by atoms with E-state index in [9.17, 15) is 0 Å². The smallest absolute Gasteiger partial charge is 0.145 e. The van der Waals surface area contributed by atoms with Crippen molar-refractivity contribution in [3.63, 3.8) is 0 Å². The van der Waals surface area contributed by atoms with E-state index >= 15 is 0 Å². The molecule has 6 heteroatoms. The van der Waals surface area contributed by atoms with Crippen LogP contribution in [-0.2, 0) is 6.54 Å². The number of rotatable bonds is 2. The van der Waals surface area contributed by atoms with Gasteiger partial charge in [-0.3, -0.25) is 4.90 Å². The van der Waals surface area contributed by atoms with Crippen molar-refractivity contribution < 1.29 is 0 Å². The molecule has 0 unspecified atom stereocenters. The average Bonchev–Trinajstić information content (AvgIpc) is 2.78. The van der Waals surface area contributed by atoms with E-state index < -0.39 is 0 Å². The molecule has 1 saturated heterocycles. The highest BCUT2D eigenvalue weighted by molar-refractivity contribution is 8.00. The van der Waals surface area contributed by atoms with Crippen molar-refractivity contribution in [3.05, 3.63) is 22.4 Å². The Hall–Kier alpha value is -0.360. The lowest BCUT2D eigenvalue weighted by atomic mass is 10.1. The van der Waals surface area contributed by atoms with Crippen LogP contribution in [0.5, 0.6) is 0 Å². The van der Waals surface area contributed by atoms with Gasteiger partial charge in [0, 0.05) is 22.4 Å². The number of hydrogen-bond acceptors (Lipinski definition) is 5. The molecule has 0 aromatic carbocycles. The minimum atomic E-state index is 0.380. The minimum Gasteiger partial charge on any atom is -0.295 e.